The highest BCUT2D eigenvalue weighted by Crippen LogP contribution is 2.02. The van der Waals surface area contributed by atoms with Crippen molar-refractivity contribution in [3.8, 4) is 0 Å². The van der Waals surface area contributed by atoms with Crippen LogP contribution in [0, 0.1) is 0 Å². The Morgan fingerprint density at radius 3 is 3.22 bits per heavy atom. The maximum absolute atomic E-state index is 8.50. The molecule has 1 rings (SSSR count). The van der Waals surface area contributed by atoms with E-state index in [0.717, 1.165) is 25.8 Å². The first-order valence-electron chi connectivity index (χ1n) is 3.10. The third kappa shape index (κ3) is 1.93. The zero-order chi connectivity index (χ0) is 6.53. The van der Waals surface area contributed by atoms with Crippen molar-refractivity contribution in [2.45, 2.75) is 6.42 Å². The SMILES string of the molecule is O/C=C1/CCNCCO1. The van der Waals surface area contributed by atoms with Crippen molar-refractivity contribution in [3.05, 3.63) is 12.0 Å². The van der Waals surface area contributed by atoms with Gasteiger partial charge in [0.05, 0.1) is 0 Å². The van der Waals surface area contributed by atoms with Crippen LogP contribution >= 0.6 is 0 Å². The molecule has 0 radical (unpaired) electrons. The van der Waals surface area contributed by atoms with Crippen LogP contribution < -0.4 is 5.32 Å². The van der Waals surface area contributed by atoms with E-state index in [9.17, 15) is 0 Å². The molecule has 0 aromatic carbocycles. The van der Waals surface area contributed by atoms with Gasteiger partial charge < -0.3 is 15.2 Å². The molecule has 0 bridgehead atoms. The monoisotopic (exact) mass is 129 g/mol. The van der Waals surface area contributed by atoms with E-state index in [1.165, 1.54) is 0 Å². The molecule has 0 aromatic rings. The van der Waals surface area contributed by atoms with Gasteiger partial charge in [0.15, 0.2) is 0 Å². The molecule has 1 saturated heterocycles. The van der Waals surface area contributed by atoms with Gasteiger partial charge in [0.2, 0.25) is 0 Å². The predicted octanol–water partition coefficient (Wildman–Crippen LogP) is 0.396. The minimum atomic E-state index is 0.659. The van der Waals surface area contributed by atoms with Gasteiger partial charge in [-0.25, -0.2) is 0 Å². The van der Waals surface area contributed by atoms with Gasteiger partial charge >= 0.3 is 0 Å². The minimum Gasteiger partial charge on any atom is -0.512 e. The lowest BCUT2D eigenvalue weighted by molar-refractivity contribution is 0.208. The zero-order valence-corrected chi connectivity index (χ0v) is 5.26. The Labute approximate surface area is 54.3 Å². The summed E-state index contributed by atoms with van der Waals surface area (Å²) in [5.41, 5.74) is 0. The fraction of sp³-hybridized carbons (Fsp3) is 0.667. The molecule has 52 valence electrons. The van der Waals surface area contributed by atoms with Crippen LogP contribution in [0.4, 0.5) is 0 Å². The van der Waals surface area contributed by atoms with E-state index in [1.54, 1.807) is 0 Å². The first-order chi connectivity index (χ1) is 4.43. The highest BCUT2D eigenvalue weighted by Gasteiger charge is 2.02. The molecule has 0 spiro atoms. The number of hydrogen-bond acceptors (Lipinski definition) is 3. The molecule has 1 heterocycles. The molecule has 0 amide bonds. The Balaban J connectivity index is 2.36. The molecule has 0 saturated carbocycles. The molecule has 2 N–H and O–H groups in total. The number of aliphatic hydroxyl groups excluding tert-OH is 1. The van der Waals surface area contributed by atoms with Gasteiger partial charge in [-0.3, -0.25) is 0 Å². The van der Waals surface area contributed by atoms with Gasteiger partial charge in [0.1, 0.15) is 18.6 Å². The second kappa shape index (κ2) is 3.35. The van der Waals surface area contributed by atoms with Crippen LogP contribution in [0.2, 0.25) is 0 Å². The van der Waals surface area contributed by atoms with E-state index in [4.69, 9.17) is 9.84 Å². The Kier molecular flexibility index (Phi) is 2.39. The van der Waals surface area contributed by atoms with Crippen LogP contribution in [0.3, 0.4) is 0 Å². The summed E-state index contributed by atoms with van der Waals surface area (Å²) in [4.78, 5) is 0. The molecule has 3 nitrogen and oxygen atoms in total. The summed E-state index contributed by atoms with van der Waals surface area (Å²) >= 11 is 0. The molecule has 0 aromatic heterocycles. The minimum absolute atomic E-state index is 0.659. The predicted molar refractivity (Wildman–Crippen MR) is 34.2 cm³/mol. The van der Waals surface area contributed by atoms with Crippen molar-refractivity contribution in [2.24, 2.45) is 0 Å². The summed E-state index contributed by atoms with van der Waals surface area (Å²) in [6.45, 7) is 2.43. The number of nitrogens with one attached hydrogen (secondary N) is 1. The third-order valence-corrected chi connectivity index (χ3v) is 1.26. The number of hydrogen-bond donors (Lipinski definition) is 2. The second-order valence-corrected chi connectivity index (χ2v) is 1.94. The van der Waals surface area contributed by atoms with Crippen molar-refractivity contribution < 1.29 is 9.84 Å². The van der Waals surface area contributed by atoms with Crippen molar-refractivity contribution in [3.63, 3.8) is 0 Å². The summed E-state index contributed by atoms with van der Waals surface area (Å²) in [7, 11) is 0. The fourth-order valence-electron chi connectivity index (χ4n) is 0.765. The smallest absolute Gasteiger partial charge is 0.131 e. The molecule has 1 aliphatic heterocycles. The van der Waals surface area contributed by atoms with Crippen molar-refractivity contribution in [1.82, 2.24) is 5.32 Å². The van der Waals surface area contributed by atoms with E-state index in [2.05, 4.69) is 5.32 Å². The Hall–Kier alpha value is -0.700. The van der Waals surface area contributed by atoms with Crippen LogP contribution in [0.5, 0.6) is 0 Å². The zero-order valence-electron chi connectivity index (χ0n) is 5.26. The Morgan fingerprint density at radius 2 is 2.44 bits per heavy atom. The lowest BCUT2D eigenvalue weighted by atomic mass is 10.4. The van der Waals surface area contributed by atoms with Crippen molar-refractivity contribution >= 4 is 0 Å². The molecule has 0 aliphatic carbocycles. The van der Waals surface area contributed by atoms with E-state index in [1.807, 2.05) is 0 Å². The van der Waals surface area contributed by atoms with Crippen LogP contribution in [-0.2, 0) is 4.74 Å². The topological polar surface area (TPSA) is 41.5 Å². The molecule has 1 aliphatic rings. The normalized spacial score (nSPS) is 25.1. The van der Waals surface area contributed by atoms with E-state index < -0.39 is 0 Å². The second-order valence-electron chi connectivity index (χ2n) is 1.94. The van der Waals surface area contributed by atoms with E-state index >= 15 is 0 Å². The highest BCUT2D eigenvalue weighted by molar-refractivity contribution is 4.88. The number of ether oxygens (including phenoxy) is 1. The molecular weight excluding hydrogens is 118 g/mol. The van der Waals surface area contributed by atoms with Gasteiger partial charge in [-0.15, -0.1) is 0 Å². The lowest BCUT2D eigenvalue weighted by Crippen LogP contribution is -2.15. The molecule has 0 atom stereocenters. The quantitative estimate of drug-likeness (QED) is 0.465. The maximum Gasteiger partial charge on any atom is 0.131 e. The van der Waals surface area contributed by atoms with E-state index in [-0.39, 0.29) is 0 Å². The fourth-order valence-corrected chi connectivity index (χ4v) is 0.765. The molecule has 0 unspecified atom stereocenters. The van der Waals surface area contributed by atoms with Crippen LogP contribution in [0.25, 0.3) is 0 Å². The van der Waals surface area contributed by atoms with Gasteiger partial charge in [-0.2, -0.15) is 0 Å². The molecular formula is C6H11NO2. The Bertz CT molecular complexity index is 102. The summed E-state index contributed by atoms with van der Waals surface area (Å²) in [6, 6.07) is 0. The van der Waals surface area contributed by atoms with Gasteiger partial charge in [-0.1, -0.05) is 0 Å². The van der Waals surface area contributed by atoms with Crippen molar-refractivity contribution in [1.29, 1.82) is 0 Å². The first kappa shape index (κ1) is 6.42. The summed E-state index contributed by atoms with van der Waals surface area (Å²) in [5.74, 6) is 0.681. The van der Waals surface area contributed by atoms with Crippen LogP contribution in [-0.4, -0.2) is 24.8 Å². The van der Waals surface area contributed by atoms with Crippen molar-refractivity contribution in [2.75, 3.05) is 19.7 Å². The van der Waals surface area contributed by atoms with Crippen LogP contribution in [0.15, 0.2) is 12.0 Å². The molecule has 9 heavy (non-hydrogen) atoms. The number of aliphatic hydroxyl groups is 1. The van der Waals surface area contributed by atoms with E-state index in [0.29, 0.717) is 12.4 Å². The molecule has 3 heteroatoms. The van der Waals surface area contributed by atoms with Gasteiger partial charge in [0, 0.05) is 19.5 Å². The average molecular weight is 129 g/mol. The molecule has 1 fully saturated rings. The highest BCUT2D eigenvalue weighted by atomic mass is 16.5. The summed E-state index contributed by atoms with van der Waals surface area (Å²) in [6.07, 6.45) is 1.82. The average Bonchev–Trinajstić information content (AvgIpc) is 2.13. The largest absolute Gasteiger partial charge is 0.512 e. The summed E-state index contributed by atoms with van der Waals surface area (Å²) in [5, 5.41) is 11.6. The third-order valence-electron chi connectivity index (χ3n) is 1.26. The standard InChI is InChI=1S/C6H11NO2/c8-5-6-1-2-7-3-4-9-6/h5,7-8H,1-4H2/b6-5-. The van der Waals surface area contributed by atoms with Gasteiger partial charge in [0.25, 0.3) is 0 Å². The lowest BCUT2D eigenvalue weighted by Gasteiger charge is -2.00. The maximum atomic E-state index is 8.50. The van der Waals surface area contributed by atoms with Gasteiger partial charge in [-0.05, 0) is 0 Å². The Morgan fingerprint density at radius 1 is 1.56 bits per heavy atom. The van der Waals surface area contributed by atoms with Crippen LogP contribution in [0.1, 0.15) is 6.42 Å². The number of rotatable bonds is 0. The first-order valence-corrected chi connectivity index (χ1v) is 3.10. The summed E-state index contributed by atoms with van der Waals surface area (Å²) < 4.78 is 5.10.